The van der Waals surface area contributed by atoms with Gasteiger partial charge in [-0.05, 0) is 60.5 Å². The highest BCUT2D eigenvalue weighted by atomic mass is 35.5. The Morgan fingerprint density at radius 3 is 2.62 bits per heavy atom. The van der Waals surface area contributed by atoms with Gasteiger partial charge in [-0.25, -0.2) is 0 Å². The van der Waals surface area contributed by atoms with Crippen molar-refractivity contribution in [3.8, 4) is 17.6 Å². The van der Waals surface area contributed by atoms with Crippen LogP contribution in [0.3, 0.4) is 0 Å². The van der Waals surface area contributed by atoms with Crippen LogP contribution in [0.4, 0.5) is 0 Å². The summed E-state index contributed by atoms with van der Waals surface area (Å²) in [5, 5.41) is 13.0. The van der Waals surface area contributed by atoms with E-state index in [1.165, 1.54) is 12.3 Å². The molecule has 0 spiro atoms. The fourth-order valence-electron chi connectivity index (χ4n) is 2.80. The molecule has 8 heteroatoms. The number of hydrogen-bond acceptors (Lipinski definition) is 5. The number of amides is 1. The number of carbonyl (C=O) groups is 1. The van der Waals surface area contributed by atoms with Crippen molar-refractivity contribution in [1.29, 1.82) is 5.26 Å². The number of benzene rings is 2. The molecule has 6 nitrogen and oxygen atoms in total. The highest BCUT2D eigenvalue weighted by Crippen LogP contribution is 2.38. The average molecular weight is 471 g/mol. The van der Waals surface area contributed by atoms with Gasteiger partial charge in [0, 0.05) is 5.02 Å². The Hall–Kier alpha value is -3.40. The molecular weight excluding hydrogens is 451 g/mol. The number of hydrogen-bond donors (Lipinski definition) is 1. The number of carbonyl (C=O) groups excluding carboxylic acids is 1. The smallest absolute Gasteiger partial charge is 0.262 e. The van der Waals surface area contributed by atoms with Crippen molar-refractivity contribution in [2.24, 2.45) is 0 Å². The van der Waals surface area contributed by atoms with Crippen LogP contribution in [0.5, 0.6) is 11.5 Å². The van der Waals surface area contributed by atoms with Crippen LogP contribution >= 0.6 is 23.2 Å². The van der Waals surface area contributed by atoms with E-state index >= 15 is 0 Å². The van der Waals surface area contributed by atoms with E-state index in [9.17, 15) is 10.1 Å². The van der Waals surface area contributed by atoms with Gasteiger partial charge >= 0.3 is 0 Å². The number of nitrogens with one attached hydrogen (secondary N) is 1. The predicted molar refractivity (Wildman–Crippen MR) is 123 cm³/mol. The second kappa shape index (κ2) is 11.3. The summed E-state index contributed by atoms with van der Waals surface area (Å²) in [7, 11) is 0. The average Bonchev–Trinajstić information content (AvgIpc) is 3.30. The standard InChI is InChI=1S/C24H20Cl2N2O4/c1-2-30-22-12-17(10-18(13-27)24(29)28-14-20-4-3-9-31-20)11-21(26)23(22)32-15-16-5-7-19(25)8-6-16/h3-12H,2,14-15H2,1H3,(H,28,29)/b18-10+. The van der Waals surface area contributed by atoms with E-state index in [2.05, 4.69) is 5.32 Å². The molecule has 0 aliphatic heterocycles. The van der Waals surface area contributed by atoms with E-state index in [1.807, 2.05) is 25.1 Å². The Kier molecular flexibility index (Phi) is 8.20. The molecule has 0 aliphatic carbocycles. The number of furan rings is 1. The van der Waals surface area contributed by atoms with Crippen LogP contribution in [0.15, 0.2) is 64.8 Å². The molecule has 1 heterocycles. The molecular formula is C24H20Cl2N2O4. The summed E-state index contributed by atoms with van der Waals surface area (Å²) in [6.07, 6.45) is 2.95. The van der Waals surface area contributed by atoms with E-state index in [1.54, 1.807) is 36.4 Å². The molecule has 0 saturated heterocycles. The van der Waals surface area contributed by atoms with Gasteiger partial charge in [0.05, 0.1) is 24.4 Å². The molecule has 1 aromatic heterocycles. The van der Waals surface area contributed by atoms with Gasteiger partial charge in [-0.3, -0.25) is 4.79 Å². The number of halogens is 2. The van der Waals surface area contributed by atoms with Crippen LogP contribution in [-0.4, -0.2) is 12.5 Å². The number of nitrogens with zero attached hydrogens (tertiary/aromatic N) is 1. The van der Waals surface area contributed by atoms with Gasteiger partial charge in [-0.15, -0.1) is 0 Å². The van der Waals surface area contributed by atoms with Crippen LogP contribution in [0, 0.1) is 11.3 Å². The van der Waals surface area contributed by atoms with Crippen LogP contribution < -0.4 is 14.8 Å². The minimum absolute atomic E-state index is 0.0788. The lowest BCUT2D eigenvalue weighted by Gasteiger charge is -2.15. The van der Waals surface area contributed by atoms with Crippen molar-refractivity contribution in [2.45, 2.75) is 20.1 Å². The van der Waals surface area contributed by atoms with Crippen molar-refractivity contribution in [3.63, 3.8) is 0 Å². The summed E-state index contributed by atoms with van der Waals surface area (Å²) in [5.41, 5.74) is 1.36. The summed E-state index contributed by atoms with van der Waals surface area (Å²) in [6, 6.07) is 15.9. The van der Waals surface area contributed by atoms with E-state index in [4.69, 9.17) is 37.1 Å². The molecule has 0 aliphatic rings. The fraction of sp³-hybridized carbons (Fsp3) is 0.167. The summed E-state index contributed by atoms with van der Waals surface area (Å²) in [5.74, 6) is 0.843. The van der Waals surface area contributed by atoms with Crippen molar-refractivity contribution in [2.75, 3.05) is 6.61 Å². The normalized spacial score (nSPS) is 11.0. The van der Waals surface area contributed by atoms with Gasteiger partial charge in [0.15, 0.2) is 11.5 Å². The maximum Gasteiger partial charge on any atom is 0.262 e. The highest BCUT2D eigenvalue weighted by Gasteiger charge is 2.15. The van der Waals surface area contributed by atoms with Crippen molar-refractivity contribution >= 4 is 35.2 Å². The van der Waals surface area contributed by atoms with E-state index < -0.39 is 5.91 Å². The second-order valence-electron chi connectivity index (χ2n) is 6.61. The van der Waals surface area contributed by atoms with E-state index in [0.717, 1.165) is 5.56 Å². The molecule has 0 atom stereocenters. The second-order valence-corrected chi connectivity index (χ2v) is 7.45. The molecule has 164 valence electrons. The Morgan fingerprint density at radius 1 is 1.19 bits per heavy atom. The zero-order valence-electron chi connectivity index (χ0n) is 17.2. The van der Waals surface area contributed by atoms with Crippen molar-refractivity contribution in [3.05, 3.63) is 87.3 Å². The highest BCUT2D eigenvalue weighted by molar-refractivity contribution is 6.32. The number of rotatable bonds is 9. The van der Waals surface area contributed by atoms with Gasteiger partial charge in [0.25, 0.3) is 5.91 Å². The zero-order valence-corrected chi connectivity index (χ0v) is 18.7. The van der Waals surface area contributed by atoms with Crippen LogP contribution in [0.1, 0.15) is 23.8 Å². The lowest BCUT2D eigenvalue weighted by atomic mass is 10.1. The Balaban J connectivity index is 1.79. The molecule has 0 fully saturated rings. The first-order valence-corrected chi connectivity index (χ1v) is 10.5. The quantitative estimate of drug-likeness (QED) is 0.316. The lowest BCUT2D eigenvalue weighted by molar-refractivity contribution is -0.117. The van der Waals surface area contributed by atoms with Gasteiger partial charge in [-0.1, -0.05) is 35.3 Å². The monoisotopic (exact) mass is 470 g/mol. The largest absolute Gasteiger partial charge is 0.490 e. The molecule has 2 aromatic carbocycles. The first-order valence-electron chi connectivity index (χ1n) is 9.76. The van der Waals surface area contributed by atoms with E-state index in [-0.39, 0.29) is 18.7 Å². The predicted octanol–water partition coefficient (Wildman–Crippen LogP) is 5.79. The maximum atomic E-state index is 12.4. The first kappa shape index (κ1) is 23.3. The molecule has 1 amide bonds. The van der Waals surface area contributed by atoms with Gasteiger partial charge in [0.1, 0.15) is 24.0 Å². The first-order chi connectivity index (χ1) is 15.5. The molecule has 0 unspecified atom stereocenters. The molecule has 32 heavy (non-hydrogen) atoms. The summed E-state index contributed by atoms with van der Waals surface area (Å²) in [4.78, 5) is 12.4. The maximum absolute atomic E-state index is 12.4. The topological polar surface area (TPSA) is 84.5 Å². The van der Waals surface area contributed by atoms with Crippen LogP contribution in [0.2, 0.25) is 10.0 Å². The van der Waals surface area contributed by atoms with Crippen molar-refractivity contribution in [1.82, 2.24) is 5.32 Å². The molecule has 0 bridgehead atoms. The Labute approximate surface area is 196 Å². The van der Waals surface area contributed by atoms with Crippen LogP contribution in [-0.2, 0) is 17.9 Å². The van der Waals surface area contributed by atoms with Crippen molar-refractivity contribution < 1.29 is 18.7 Å². The van der Waals surface area contributed by atoms with Crippen LogP contribution in [0.25, 0.3) is 6.08 Å². The molecule has 1 N–H and O–H groups in total. The lowest BCUT2D eigenvalue weighted by Crippen LogP contribution is -2.23. The Bertz CT molecular complexity index is 1130. The molecule has 0 radical (unpaired) electrons. The third-order valence-electron chi connectivity index (χ3n) is 4.31. The molecule has 3 aromatic rings. The SMILES string of the molecule is CCOc1cc(/C=C(\C#N)C(=O)NCc2ccco2)cc(Cl)c1OCc1ccc(Cl)cc1. The summed E-state index contributed by atoms with van der Waals surface area (Å²) >= 11 is 12.4. The zero-order chi connectivity index (χ0) is 22.9. The molecule has 0 saturated carbocycles. The van der Waals surface area contributed by atoms with E-state index in [0.29, 0.717) is 39.5 Å². The third-order valence-corrected chi connectivity index (χ3v) is 4.84. The van der Waals surface area contributed by atoms with Gasteiger partial charge in [-0.2, -0.15) is 5.26 Å². The summed E-state index contributed by atoms with van der Waals surface area (Å²) in [6.45, 7) is 2.66. The third kappa shape index (κ3) is 6.30. The fourth-order valence-corrected chi connectivity index (χ4v) is 3.20. The van der Waals surface area contributed by atoms with Gasteiger partial charge in [0.2, 0.25) is 0 Å². The number of ether oxygens (including phenoxy) is 2. The minimum Gasteiger partial charge on any atom is -0.490 e. The minimum atomic E-state index is -0.527. The molecule has 3 rings (SSSR count). The number of nitriles is 1. The Morgan fingerprint density at radius 2 is 1.97 bits per heavy atom. The van der Waals surface area contributed by atoms with Gasteiger partial charge < -0.3 is 19.2 Å². The summed E-state index contributed by atoms with van der Waals surface area (Å²) < 4.78 is 16.7.